The molecule has 1 aliphatic rings. The molecule has 0 radical (unpaired) electrons. The van der Waals surface area contributed by atoms with Gasteiger partial charge in [-0.2, -0.15) is 0 Å². The number of nitrogens with one attached hydrogen (secondary N) is 1. The summed E-state index contributed by atoms with van der Waals surface area (Å²) in [5, 5.41) is 3.53. The average Bonchev–Trinajstić information content (AvgIpc) is 2.85. The Hall–Kier alpha value is 0.140. The zero-order valence-corrected chi connectivity index (χ0v) is 18.2. The Morgan fingerprint density at radius 1 is 1.55 bits per heavy atom. The van der Waals surface area contributed by atoms with Gasteiger partial charge in [-0.25, -0.2) is 0 Å². The topological polar surface area (TPSA) is 30.9 Å². The third-order valence-corrected chi connectivity index (χ3v) is 5.47. The van der Waals surface area contributed by atoms with E-state index in [1.165, 1.54) is 34.6 Å². The first-order valence-corrected chi connectivity index (χ1v) is 9.04. The third kappa shape index (κ3) is 6.33. The number of aliphatic imine (C=N–C) groups is 1. The third-order valence-electron chi connectivity index (χ3n) is 3.87. The van der Waals surface area contributed by atoms with Gasteiger partial charge in [-0.1, -0.05) is 0 Å². The van der Waals surface area contributed by atoms with E-state index < -0.39 is 0 Å². The fourth-order valence-electron chi connectivity index (χ4n) is 2.81. The summed E-state index contributed by atoms with van der Waals surface area (Å²) in [6, 6.07) is 4.26. The molecule has 1 aliphatic heterocycles. The number of rotatable bonds is 4. The molecule has 0 aromatic carbocycles. The fraction of sp³-hybridized carbons (Fsp3) is 0.667. The Morgan fingerprint density at radius 2 is 2.32 bits per heavy atom. The first kappa shape index (κ1) is 20.2. The molecule has 22 heavy (non-hydrogen) atoms. The zero-order valence-electron chi connectivity index (χ0n) is 13.5. The smallest absolute Gasteiger partial charge is 0.193 e. The highest BCUT2D eigenvalue weighted by Gasteiger charge is 2.18. The SMILES string of the molecule is CN=C(NCC1CCCN(C)C1)N(C)Cc1ccc(Br)s1.I. The van der Waals surface area contributed by atoms with Crippen LogP contribution in [0.1, 0.15) is 17.7 Å². The van der Waals surface area contributed by atoms with Crippen LogP contribution in [0.25, 0.3) is 0 Å². The van der Waals surface area contributed by atoms with Gasteiger partial charge in [0.1, 0.15) is 0 Å². The molecule has 2 rings (SSSR count). The van der Waals surface area contributed by atoms with E-state index in [4.69, 9.17) is 0 Å². The summed E-state index contributed by atoms with van der Waals surface area (Å²) >= 11 is 5.29. The molecule has 1 atom stereocenters. The standard InChI is InChI=1S/C15H25BrN4S.HI/c1-17-15(18-9-12-5-4-8-19(2)10-12)20(3)11-13-6-7-14(16)21-13;/h6-7,12H,4-5,8-11H2,1-3H3,(H,17,18);1H. The summed E-state index contributed by atoms with van der Waals surface area (Å²) in [7, 11) is 6.16. The summed E-state index contributed by atoms with van der Waals surface area (Å²) in [4.78, 5) is 10.4. The normalized spacial score (nSPS) is 19.6. The van der Waals surface area contributed by atoms with E-state index in [0.29, 0.717) is 0 Å². The number of guanidine groups is 1. The highest BCUT2D eigenvalue weighted by atomic mass is 127. The van der Waals surface area contributed by atoms with Crippen molar-refractivity contribution in [3.63, 3.8) is 0 Å². The first-order valence-electron chi connectivity index (χ1n) is 7.43. The lowest BCUT2D eigenvalue weighted by molar-refractivity contribution is 0.209. The quantitative estimate of drug-likeness (QED) is 0.390. The van der Waals surface area contributed by atoms with E-state index >= 15 is 0 Å². The van der Waals surface area contributed by atoms with Gasteiger partial charge in [-0.15, -0.1) is 35.3 Å². The maximum atomic E-state index is 4.41. The maximum Gasteiger partial charge on any atom is 0.193 e. The van der Waals surface area contributed by atoms with E-state index in [-0.39, 0.29) is 24.0 Å². The van der Waals surface area contributed by atoms with Gasteiger partial charge in [0.15, 0.2) is 5.96 Å². The van der Waals surface area contributed by atoms with Crippen LogP contribution in [0.3, 0.4) is 0 Å². The van der Waals surface area contributed by atoms with E-state index in [0.717, 1.165) is 25.0 Å². The van der Waals surface area contributed by atoms with Gasteiger partial charge < -0.3 is 15.1 Å². The van der Waals surface area contributed by atoms with Crippen molar-refractivity contribution in [1.29, 1.82) is 0 Å². The molecule has 2 heterocycles. The van der Waals surface area contributed by atoms with Crippen LogP contribution in [-0.2, 0) is 6.54 Å². The molecule has 1 aromatic heterocycles. The largest absolute Gasteiger partial charge is 0.356 e. The number of hydrogen-bond acceptors (Lipinski definition) is 3. The molecule has 0 saturated carbocycles. The van der Waals surface area contributed by atoms with Gasteiger partial charge in [-0.05, 0) is 60.4 Å². The number of halogens is 2. The molecule has 1 aromatic rings. The second kappa shape index (κ2) is 10.1. The van der Waals surface area contributed by atoms with E-state index in [1.54, 1.807) is 11.3 Å². The van der Waals surface area contributed by atoms with Gasteiger partial charge >= 0.3 is 0 Å². The van der Waals surface area contributed by atoms with Crippen LogP contribution in [0.5, 0.6) is 0 Å². The van der Waals surface area contributed by atoms with Gasteiger partial charge in [0.05, 0.1) is 10.3 Å². The van der Waals surface area contributed by atoms with Crippen molar-refractivity contribution in [2.24, 2.45) is 10.9 Å². The highest BCUT2D eigenvalue weighted by Crippen LogP contribution is 2.23. The molecule has 126 valence electrons. The second-order valence-electron chi connectivity index (χ2n) is 5.76. The molecule has 0 spiro atoms. The van der Waals surface area contributed by atoms with Crippen molar-refractivity contribution in [2.75, 3.05) is 40.8 Å². The van der Waals surface area contributed by atoms with Crippen molar-refractivity contribution < 1.29 is 0 Å². The minimum atomic E-state index is 0. The molecule has 1 saturated heterocycles. The predicted molar refractivity (Wildman–Crippen MR) is 110 cm³/mol. The summed E-state index contributed by atoms with van der Waals surface area (Å²) in [6.07, 6.45) is 2.62. The number of hydrogen-bond donors (Lipinski definition) is 1. The Bertz CT molecular complexity index is 480. The number of piperidine rings is 1. The lowest BCUT2D eigenvalue weighted by Crippen LogP contribution is -2.43. The Kier molecular flexibility index (Phi) is 9.27. The lowest BCUT2D eigenvalue weighted by atomic mass is 9.99. The van der Waals surface area contributed by atoms with Crippen molar-refractivity contribution in [3.05, 3.63) is 20.8 Å². The van der Waals surface area contributed by atoms with Gasteiger partial charge in [0.2, 0.25) is 0 Å². The lowest BCUT2D eigenvalue weighted by Gasteiger charge is -2.31. The van der Waals surface area contributed by atoms with Crippen LogP contribution >= 0.6 is 51.2 Å². The van der Waals surface area contributed by atoms with Crippen molar-refractivity contribution in [1.82, 2.24) is 15.1 Å². The van der Waals surface area contributed by atoms with Crippen molar-refractivity contribution >= 4 is 57.2 Å². The van der Waals surface area contributed by atoms with Gasteiger partial charge in [0.25, 0.3) is 0 Å². The molecule has 7 heteroatoms. The molecule has 1 unspecified atom stereocenters. The summed E-state index contributed by atoms with van der Waals surface area (Å²) in [6.45, 7) is 4.32. The number of likely N-dealkylation sites (tertiary alicyclic amines) is 1. The zero-order chi connectivity index (χ0) is 15.2. The number of thiophene rings is 1. The predicted octanol–water partition coefficient (Wildman–Crippen LogP) is 3.48. The fourth-order valence-corrected chi connectivity index (χ4v) is 4.34. The molecule has 0 aliphatic carbocycles. The Balaban J connectivity index is 0.00000242. The van der Waals surface area contributed by atoms with Crippen molar-refractivity contribution in [2.45, 2.75) is 19.4 Å². The molecule has 1 N–H and O–H groups in total. The second-order valence-corrected chi connectivity index (χ2v) is 8.31. The van der Waals surface area contributed by atoms with E-state index in [9.17, 15) is 0 Å². The van der Waals surface area contributed by atoms with Crippen LogP contribution in [-0.4, -0.2) is 56.5 Å². The van der Waals surface area contributed by atoms with Crippen LogP contribution in [0, 0.1) is 5.92 Å². The Labute approximate surface area is 163 Å². The van der Waals surface area contributed by atoms with E-state index in [2.05, 4.69) is 62.3 Å². The average molecular weight is 501 g/mol. The van der Waals surface area contributed by atoms with Gasteiger partial charge in [-0.3, -0.25) is 4.99 Å². The molecular formula is C15H26BrIN4S. The number of nitrogens with zero attached hydrogens (tertiary/aromatic N) is 3. The van der Waals surface area contributed by atoms with E-state index in [1.807, 2.05) is 7.05 Å². The molecule has 1 fully saturated rings. The first-order chi connectivity index (χ1) is 10.1. The molecule has 0 bridgehead atoms. The molecule has 4 nitrogen and oxygen atoms in total. The molecule has 0 amide bonds. The monoisotopic (exact) mass is 500 g/mol. The Morgan fingerprint density at radius 3 is 2.91 bits per heavy atom. The van der Waals surface area contributed by atoms with Gasteiger partial charge in [0, 0.05) is 32.1 Å². The van der Waals surface area contributed by atoms with Crippen LogP contribution in [0.4, 0.5) is 0 Å². The van der Waals surface area contributed by atoms with Crippen LogP contribution in [0.2, 0.25) is 0 Å². The minimum Gasteiger partial charge on any atom is -0.356 e. The summed E-state index contributed by atoms with van der Waals surface area (Å²) in [5.74, 6) is 1.71. The van der Waals surface area contributed by atoms with Crippen molar-refractivity contribution in [3.8, 4) is 0 Å². The maximum absolute atomic E-state index is 4.41. The minimum absolute atomic E-state index is 0. The highest BCUT2D eigenvalue weighted by molar-refractivity contribution is 14.0. The molecular weight excluding hydrogens is 475 g/mol. The van der Waals surface area contributed by atoms with Crippen LogP contribution < -0.4 is 5.32 Å². The summed E-state index contributed by atoms with van der Waals surface area (Å²) < 4.78 is 1.18. The van der Waals surface area contributed by atoms with Crippen LogP contribution in [0.15, 0.2) is 20.9 Å². The summed E-state index contributed by atoms with van der Waals surface area (Å²) in [5.41, 5.74) is 0.